The number of hydrogen-bond donors (Lipinski definition) is 0. The molecule has 0 spiro atoms. The number of likely N-dealkylation sites (tertiary alicyclic amines) is 1. The molecule has 0 bridgehead atoms. The zero-order valence-corrected chi connectivity index (χ0v) is 15.7. The van der Waals surface area contributed by atoms with Crippen molar-refractivity contribution in [1.29, 1.82) is 0 Å². The number of nitrogens with zero attached hydrogens (tertiary/aromatic N) is 1. The van der Waals surface area contributed by atoms with E-state index in [1.807, 2.05) is 0 Å². The first-order valence-corrected chi connectivity index (χ1v) is 9.18. The Kier molecular flexibility index (Phi) is 13.4. The Morgan fingerprint density at radius 2 is 1.15 bits per heavy atom. The molecule has 1 rings (SSSR count). The molecule has 0 aromatic carbocycles. The van der Waals surface area contributed by atoms with E-state index in [9.17, 15) is 0 Å². The summed E-state index contributed by atoms with van der Waals surface area (Å²) in [5.74, 6) is 0. The number of halogens is 1. The van der Waals surface area contributed by atoms with Gasteiger partial charge in [-0.05, 0) is 45.4 Å². The Morgan fingerprint density at radius 1 is 0.650 bits per heavy atom. The number of hydrogen-bond acceptors (Lipinski definition) is 0. The molecule has 20 heavy (non-hydrogen) atoms. The summed E-state index contributed by atoms with van der Waals surface area (Å²) in [6, 6.07) is 0. The molecule has 122 valence electrons. The molecule has 0 N–H and O–H groups in total. The highest BCUT2D eigenvalue weighted by Crippen LogP contribution is 2.20. The normalized spacial score (nSPS) is 18.3. The monoisotopic (exact) mass is 347 g/mol. The SMILES string of the molecule is CCCCCCCCCC[N+]1(CC)CCCCCC1.[Br-]. The van der Waals surface area contributed by atoms with Gasteiger partial charge in [-0.2, -0.15) is 0 Å². The fourth-order valence-corrected chi connectivity index (χ4v) is 3.64. The van der Waals surface area contributed by atoms with Crippen LogP contribution in [0, 0.1) is 0 Å². The molecule has 2 heteroatoms. The third kappa shape index (κ3) is 8.67. The Morgan fingerprint density at radius 3 is 1.65 bits per heavy atom. The minimum atomic E-state index is 0. The molecule has 1 saturated heterocycles. The lowest BCUT2D eigenvalue weighted by molar-refractivity contribution is -0.926. The molecule has 0 aromatic rings. The van der Waals surface area contributed by atoms with Gasteiger partial charge in [0, 0.05) is 0 Å². The zero-order valence-electron chi connectivity index (χ0n) is 14.1. The number of rotatable bonds is 10. The summed E-state index contributed by atoms with van der Waals surface area (Å²) in [7, 11) is 0. The minimum absolute atomic E-state index is 0. The summed E-state index contributed by atoms with van der Waals surface area (Å²) in [5.41, 5.74) is 0. The van der Waals surface area contributed by atoms with E-state index in [0.29, 0.717) is 0 Å². The van der Waals surface area contributed by atoms with E-state index in [2.05, 4.69) is 13.8 Å². The molecule has 0 saturated carbocycles. The Balaban J connectivity index is 0.00000361. The maximum absolute atomic E-state index is 2.41. The molecule has 1 aliphatic rings. The van der Waals surface area contributed by atoms with E-state index >= 15 is 0 Å². The molecule has 0 aliphatic carbocycles. The minimum Gasteiger partial charge on any atom is -1.00 e. The first-order chi connectivity index (χ1) is 9.33. The van der Waals surface area contributed by atoms with Crippen LogP contribution in [0.15, 0.2) is 0 Å². The van der Waals surface area contributed by atoms with Crippen molar-refractivity contribution in [3.63, 3.8) is 0 Å². The van der Waals surface area contributed by atoms with Crippen LogP contribution < -0.4 is 17.0 Å². The van der Waals surface area contributed by atoms with Gasteiger partial charge in [-0.25, -0.2) is 0 Å². The molecule has 1 fully saturated rings. The quantitative estimate of drug-likeness (QED) is 0.420. The highest BCUT2D eigenvalue weighted by molar-refractivity contribution is 4.54. The van der Waals surface area contributed by atoms with E-state index in [4.69, 9.17) is 0 Å². The van der Waals surface area contributed by atoms with Crippen LogP contribution in [-0.2, 0) is 0 Å². The van der Waals surface area contributed by atoms with Gasteiger partial charge in [-0.1, -0.05) is 45.4 Å². The molecule has 0 unspecified atom stereocenters. The lowest BCUT2D eigenvalue weighted by Gasteiger charge is -2.37. The first-order valence-electron chi connectivity index (χ1n) is 9.18. The molecule has 0 aromatic heterocycles. The summed E-state index contributed by atoms with van der Waals surface area (Å²) >= 11 is 0. The third-order valence-corrected chi connectivity index (χ3v) is 5.17. The number of unbranched alkanes of at least 4 members (excludes halogenated alkanes) is 7. The second-order valence-corrected chi connectivity index (χ2v) is 6.72. The fourth-order valence-electron chi connectivity index (χ4n) is 3.64. The Bertz CT molecular complexity index is 198. The lowest BCUT2D eigenvalue weighted by atomic mass is 10.1. The molecular weight excluding hydrogens is 310 g/mol. The van der Waals surface area contributed by atoms with Crippen molar-refractivity contribution in [2.24, 2.45) is 0 Å². The maximum Gasteiger partial charge on any atom is 0.0786 e. The zero-order chi connectivity index (χ0) is 13.8. The van der Waals surface area contributed by atoms with Crippen molar-refractivity contribution in [1.82, 2.24) is 0 Å². The van der Waals surface area contributed by atoms with E-state index in [-0.39, 0.29) is 17.0 Å². The number of quaternary nitrogens is 1. The molecule has 1 heterocycles. The topological polar surface area (TPSA) is 0 Å². The predicted octanol–water partition coefficient (Wildman–Crippen LogP) is 2.54. The van der Waals surface area contributed by atoms with Gasteiger partial charge in [0.25, 0.3) is 0 Å². The molecule has 1 nitrogen and oxygen atoms in total. The van der Waals surface area contributed by atoms with Gasteiger partial charge < -0.3 is 21.5 Å². The smallest absolute Gasteiger partial charge is 0.0786 e. The molecule has 1 aliphatic heterocycles. The molecule has 0 atom stereocenters. The van der Waals surface area contributed by atoms with Gasteiger partial charge in [-0.3, -0.25) is 0 Å². The van der Waals surface area contributed by atoms with Crippen LogP contribution in [0.5, 0.6) is 0 Å². The van der Waals surface area contributed by atoms with Crippen LogP contribution in [0.25, 0.3) is 0 Å². The molecule has 0 radical (unpaired) electrons. The molecular formula is C18H38BrN. The summed E-state index contributed by atoms with van der Waals surface area (Å²) in [4.78, 5) is 0. The van der Waals surface area contributed by atoms with Gasteiger partial charge in [0.15, 0.2) is 0 Å². The van der Waals surface area contributed by atoms with Crippen molar-refractivity contribution < 1.29 is 21.5 Å². The van der Waals surface area contributed by atoms with Crippen LogP contribution in [0.4, 0.5) is 0 Å². The average molecular weight is 348 g/mol. The average Bonchev–Trinajstić information content (AvgIpc) is 2.68. The van der Waals surface area contributed by atoms with Gasteiger partial charge in [0.1, 0.15) is 0 Å². The highest BCUT2D eigenvalue weighted by Gasteiger charge is 2.25. The Labute approximate surface area is 138 Å². The van der Waals surface area contributed by atoms with Crippen LogP contribution in [0.2, 0.25) is 0 Å². The van der Waals surface area contributed by atoms with E-state index in [1.165, 1.54) is 108 Å². The summed E-state index contributed by atoms with van der Waals surface area (Å²) in [6.45, 7) is 10.5. The van der Waals surface area contributed by atoms with E-state index in [1.54, 1.807) is 0 Å². The van der Waals surface area contributed by atoms with Gasteiger partial charge >= 0.3 is 0 Å². The third-order valence-electron chi connectivity index (χ3n) is 5.17. The second-order valence-electron chi connectivity index (χ2n) is 6.72. The predicted molar refractivity (Wildman–Crippen MR) is 86.5 cm³/mol. The summed E-state index contributed by atoms with van der Waals surface area (Å²) in [5, 5.41) is 0. The van der Waals surface area contributed by atoms with Gasteiger partial charge in [0.2, 0.25) is 0 Å². The van der Waals surface area contributed by atoms with Gasteiger partial charge in [0.05, 0.1) is 26.2 Å². The van der Waals surface area contributed by atoms with Crippen LogP contribution >= 0.6 is 0 Å². The lowest BCUT2D eigenvalue weighted by Crippen LogP contribution is -3.00. The first kappa shape index (κ1) is 20.4. The summed E-state index contributed by atoms with van der Waals surface area (Å²) in [6.07, 6.45) is 17.6. The van der Waals surface area contributed by atoms with Crippen molar-refractivity contribution in [3.8, 4) is 0 Å². The highest BCUT2D eigenvalue weighted by atomic mass is 79.9. The van der Waals surface area contributed by atoms with Crippen LogP contribution in [0.1, 0.15) is 90.9 Å². The Hall–Kier alpha value is 0.440. The van der Waals surface area contributed by atoms with E-state index < -0.39 is 0 Å². The largest absolute Gasteiger partial charge is 1.00 e. The van der Waals surface area contributed by atoms with Crippen molar-refractivity contribution in [2.75, 3.05) is 26.2 Å². The fraction of sp³-hybridized carbons (Fsp3) is 1.00. The van der Waals surface area contributed by atoms with Crippen LogP contribution in [-0.4, -0.2) is 30.7 Å². The van der Waals surface area contributed by atoms with E-state index in [0.717, 1.165) is 0 Å². The molecule has 0 amide bonds. The van der Waals surface area contributed by atoms with Crippen molar-refractivity contribution in [2.45, 2.75) is 90.9 Å². The van der Waals surface area contributed by atoms with Crippen molar-refractivity contribution >= 4 is 0 Å². The van der Waals surface area contributed by atoms with Gasteiger partial charge in [-0.15, -0.1) is 0 Å². The van der Waals surface area contributed by atoms with Crippen molar-refractivity contribution in [3.05, 3.63) is 0 Å². The maximum atomic E-state index is 2.41. The van der Waals surface area contributed by atoms with Crippen LogP contribution in [0.3, 0.4) is 0 Å². The summed E-state index contributed by atoms with van der Waals surface area (Å²) < 4.78 is 1.44. The standard InChI is InChI=1S/C18H38N.BrH/c1-3-5-6-7-8-9-10-13-16-19(4-2)17-14-11-12-15-18-19;/h3-18H2,1-2H3;1H/q+1;/p-1. The second kappa shape index (κ2) is 13.1.